The predicted octanol–water partition coefficient (Wildman–Crippen LogP) is 4.32. The Bertz CT molecular complexity index is 339. The topological polar surface area (TPSA) is 35.2 Å². The normalized spacial score (nSPS) is 12.5. The van der Waals surface area contributed by atoms with Gasteiger partial charge in [0.2, 0.25) is 0 Å². The van der Waals surface area contributed by atoms with Gasteiger partial charge in [-0.1, -0.05) is 43.9 Å². The fourth-order valence-electron chi connectivity index (χ4n) is 1.63. The van der Waals surface area contributed by atoms with E-state index in [9.17, 15) is 0 Å². The van der Waals surface area contributed by atoms with E-state index in [1.54, 1.807) is 0 Å². The lowest BCUT2D eigenvalue weighted by molar-refractivity contribution is 0.305. The molecule has 1 rings (SSSR count). The number of nitrogens with two attached hydrogens (primary N) is 1. The van der Waals surface area contributed by atoms with Gasteiger partial charge in [0.1, 0.15) is 5.75 Å². The standard InChI is InChI=1S/C14H22ClNO/c1-3-4-5-6-9-17-14-8-7-12(11(2)16)10-13(14)15/h7-8,10-11H,3-6,9,16H2,1-2H3/t11-/m0/s1. The van der Waals surface area contributed by atoms with Gasteiger partial charge in [-0.2, -0.15) is 0 Å². The number of rotatable bonds is 7. The maximum Gasteiger partial charge on any atom is 0.137 e. The maximum atomic E-state index is 6.13. The number of ether oxygens (including phenoxy) is 1. The van der Waals surface area contributed by atoms with Crippen molar-refractivity contribution in [1.29, 1.82) is 0 Å². The molecule has 0 bridgehead atoms. The Labute approximate surface area is 109 Å². The molecule has 0 aliphatic rings. The van der Waals surface area contributed by atoms with Crippen molar-refractivity contribution >= 4 is 11.6 Å². The summed E-state index contributed by atoms with van der Waals surface area (Å²) in [7, 11) is 0. The molecule has 17 heavy (non-hydrogen) atoms. The van der Waals surface area contributed by atoms with Gasteiger partial charge < -0.3 is 10.5 Å². The van der Waals surface area contributed by atoms with E-state index < -0.39 is 0 Å². The van der Waals surface area contributed by atoms with E-state index in [0.717, 1.165) is 24.3 Å². The molecule has 1 atom stereocenters. The average molecular weight is 256 g/mol. The number of hydrogen-bond acceptors (Lipinski definition) is 2. The van der Waals surface area contributed by atoms with E-state index in [1.165, 1.54) is 19.3 Å². The third kappa shape index (κ3) is 4.97. The van der Waals surface area contributed by atoms with Crippen LogP contribution in [-0.4, -0.2) is 6.61 Å². The second-order valence-electron chi connectivity index (χ2n) is 4.39. The smallest absolute Gasteiger partial charge is 0.137 e. The van der Waals surface area contributed by atoms with E-state index in [1.807, 2.05) is 25.1 Å². The predicted molar refractivity (Wildman–Crippen MR) is 73.7 cm³/mol. The quantitative estimate of drug-likeness (QED) is 0.737. The van der Waals surface area contributed by atoms with Crippen LogP contribution in [0.25, 0.3) is 0 Å². The van der Waals surface area contributed by atoms with Crippen molar-refractivity contribution in [3.8, 4) is 5.75 Å². The molecule has 0 radical (unpaired) electrons. The average Bonchev–Trinajstić information content (AvgIpc) is 2.30. The molecule has 0 spiro atoms. The van der Waals surface area contributed by atoms with Gasteiger partial charge in [0.25, 0.3) is 0 Å². The second-order valence-corrected chi connectivity index (χ2v) is 4.79. The zero-order valence-corrected chi connectivity index (χ0v) is 11.5. The van der Waals surface area contributed by atoms with E-state index in [0.29, 0.717) is 5.02 Å². The van der Waals surface area contributed by atoms with E-state index in [-0.39, 0.29) is 6.04 Å². The van der Waals surface area contributed by atoms with Gasteiger partial charge in [-0.05, 0) is 31.0 Å². The van der Waals surface area contributed by atoms with Gasteiger partial charge in [-0.25, -0.2) is 0 Å². The minimum absolute atomic E-state index is 0.00565. The summed E-state index contributed by atoms with van der Waals surface area (Å²) in [5.41, 5.74) is 6.82. The van der Waals surface area contributed by atoms with Crippen molar-refractivity contribution in [3.63, 3.8) is 0 Å². The lowest BCUT2D eigenvalue weighted by atomic mass is 10.1. The summed E-state index contributed by atoms with van der Waals surface area (Å²) in [5.74, 6) is 0.757. The minimum Gasteiger partial charge on any atom is -0.492 e. The van der Waals surface area contributed by atoms with Gasteiger partial charge in [0, 0.05) is 6.04 Å². The summed E-state index contributed by atoms with van der Waals surface area (Å²) in [4.78, 5) is 0. The number of halogens is 1. The molecule has 0 saturated carbocycles. The molecule has 0 fully saturated rings. The lowest BCUT2D eigenvalue weighted by Crippen LogP contribution is -2.05. The molecule has 0 unspecified atom stereocenters. The zero-order valence-electron chi connectivity index (χ0n) is 10.7. The molecule has 0 aliphatic heterocycles. The van der Waals surface area contributed by atoms with Crippen molar-refractivity contribution in [2.24, 2.45) is 5.73 Å². The Hall–Kier alpha value is -0.730. The summed E-state index contributed by atoms with van der Waals surface area (Å²) in [6.07, 6.45) is 4.80. The highest BCUT2D eigenvalue weighted by Crippen LogP contribution is 2.27. The molecule has 2 N–H and O–H groups in total. The van der Waals surface area contributed by atoms with Crippen LogP contribution in [0.5, 0.6) is 5.75 Å². The highest BCUT2D eigenvalue weighted by molar-refractivity contribution is 6.32. The van der Waals surface area contributed by atoms with E-state index >= 15 is 0 Å². The van der Waals surface area contributed by atoms with Crippen LogP contribution in [0.1, 0.15) is 51.1 Å². The number of hydrogen-bond donors (Lipinski definition) is 1. The first kappa shape index (κ1) is 14.3. The Kier molecular flexibility index (Phi) is 6.38. The fourth-order valence-corrected chi connectivity index (χ4v) is 1.87. The molecule has 0 aliphatic carbocycles. The molecular weight excluding hydrogens is 234 g/mol. The third-order valence-electron chi connectivity index (χ3n) is 2.74. The summed E-state index contributed by atoms with van der Waals surface area (Å²) in [6, 6.07) is 5.76. The Morgan fingerprint density at radius 1 is 1.29 bits per heavy atom. The molecule has 96 valence electrons. The molecule has 0 aromatic heterocycles. The van der Waals surface area contributed by atoms with Gasteiger partial charge in [-0.3, -0.25) is 0 Å². The molecule has 0 saturated heterocycles. The Morgan fingerprint density at radius 3 is 2.65 bits per heavy atom. The van der Waals surface area contributed by atoms with Crippen molar-refractivity contribution < 1.29 is 4.74 Å². The Balaban J connectivity index is 2.43. The van der Waals surface area contributed by atoms with Crippen molar-refractivity contribution in [3.05, 3.63) is 28.8 Å². The monoisotopic (exact) mass is 255 g/mol. The molecule has 0 amide bonds. The molecule has 2 nitrogen and oxygen atoms in total. The van der Waals surface area contributed by atoms with Crippen LogP contribution in [0.2, 0.25) is 5.02 Å². The van der Waals surface area contributed by atoms with Crippen LogP contribution in [-0.2, 0) is 0 Å². The van der Waals surface area contributed by atoms with E-state index in [2.05, 4.69) is 6.92 Å². The minimum atomic E-state index is 0.00565. The summed E-state index contributed by atoms with van der Waals surface area (Å²) >= 11 is 6.13. The van der Waals surface area contributed by atoms with E-state index in [4.69, 9.17) is 22.1 Å². The molecule has 1 aromatic rings. The second kappa shape index (κ2) is 7.57. The lowest BCUT2D eigenvalue weighted by Gasteiger charge is -2.11. The van der Waals surface area contributed by atoms with Gasteiger partial charge in [-0.15, -0.1) is 0 Å². The molecular formula is C14H22ClNO. The Morgan fingerprint density at radius 2 is 2.06 bits per heavy atom. The zero-order chi connectivity index (χ0) is 12.7. The SMILES string of the molecule is CCCCCCOc1ccc([C@H](C)N)cc1Cl. The first-order chi connectivity index (χ1) is 8.15. The summed E-state index contributed by atoms with van der Waals surface area (Å²) in [6.45, 7) is 4.87. The van der Waals surface area contributed by atoms with Gasteiger partial charge >= 0.3 is 0 Å². The van der Waals surface area contributed by atoms with Crippen LogP contribution in [0.4, 0.5) is 0 Å². The molecule has 0 heterocycles. The first-order valence-electron chi connectivity index (χ1n) is 6.33. The van der Waals surface area contributed by atoms with Crippen LogP contribution in [0.3, 0.4) is 0 Å². The summed E-state index contributed by atoms with van der Waals surface area (Å²) in [5, 5.41) is 0.648. The van der Waals surface area contributed by atoms with Crippen molar-refractivity contribution in [2.45, 2.75) is 45.6 Å². The highest BCUT2D eigenvalue weighted by atomic mass is 35.5. The van der Waals surface area contributed by atoms with Gasteiger partial charge in [0.15, 0.2) is 0 Å². The number of unbranched alkanes of at least 4 members (excludes halogenated alkanes) is 3. The van der Waals surface area contributed by atoms with Crippen LogP contribution in [0, 0.1) is 0 Å². The maximum absolute atomic E-state index is 6.13. The first-order valence-corrected chi connectivity index (χ1v) is 6.70. The van der Waals surface area contributed by atoms with Crippen molar-refractivity contribution in [1.82, 2.24) is 0 Å². The molecule has 3 heteroatoms. The third-order valence-corrected chi connectivity index (χ3v) is 3.03. The van der Waals surface area contributed by atoms with Crippen molar-refractivity contribution in [2.75, 3.05) is 6.61 Å². The van der Waals surface area contributed by atoms with Crippen LogP contribution in [0.15, 0.2) is 18.2 Å². The largest absolute Gasteiger partial charge is 0.492 e. The molecule has 1 aromatic carbocycles. The van der Waals surface area contributed by atoms with Gasteiger partial charge in [0.05, 0.1) is 11.6 Å². The highest BCUT2D eigenvalue weighted by Gasteiger charge is 2.05. The summed E-state index contributed by atoms with van der Waals surface area (Å²) < 4.78 is 5.65. The number of benzene rings is 1. The fraction of sp³-hybridized carbons (Fsp3) is 0.571. The van der Waals surface area contributed by atoms with Crippen LogP contribution >= 0.6 is 11.6 Å². The van der Waals surface area contributed by atoms with Crippen LogP contribution < -0.4 is 10.5 Å².